The highest BCUT2D eigenvalue weighted by Crippen LogP contribution is 2.66. The Kier molecular flexibility index (Phi) is 25.7. The summed E-state index contributed by atoms with van der Waals surface area (Å²) in [4.78, 5) is 44.1. The van der Waals surface area contributed by atoms with Crippen molar-refractivity contribution in [3.8, 4) is 37.1 Å². The number of benzene rings is 5. The Balaban J connectivity index is 1.05. The first-order chi connectivity index (χ1) is 52.3. The summed E-state index contributed by atoms with van der Waals surface area (Å²) in [7, 11) is 0. The quantitative estimate of drug-likeness (QED) is 0.0127. The van der Waals surface area contributed by atoms with Crippen LogP contribution in [0.3, 0.4) is 0 Å². The molecule has 0 radical (unpaired) electrons. The number of unbranched alkanes of at least 4 members (excludes halogenated alkanes) is 22. The van der Waals surface area contributed by atoms with Gasteiger partial charge in [0.1, 0.15) is 11.5 Å². The summed E-state index contributed by atoms with van der Waals surface area (Å²) in [5.74, 6) is 1.67. The van der Waals surface area contributed by atoms with Gasteiger partial charge in [0.15, 0.2) is 17.3 Å². The molecule has 4 aliphatic carbocycles. The van der Waals surface area contributed by atoms with E-state index in [-0.39, 0.29) is 38.1 Å². The molecule has 5 aromatic carbocycles. The lowest BCUT2D eigenvalue weighted by Crippen LogP contribution is -2.25. The summed E-state index contributed by atoms with van der Waals surface area (Å²) in [6.07, 6.45) is 40.3. The number of allylic oxidation sites excluding steroid dienone is 6. The van der Waals surface area contributed by atoms with E-state index in [1.54, 1.807) is 23.5 Å². The van der Waals surface area contributed by atoms with Crippen molar-refractivity contribution in [2.45, 2.75) is 265 Å². The van der Waals surface area contributed by atoms with E-state index < -0.39 is 0 Å². The van der Waals surface area contributed by atoms with Gasteiger partial charge < -0.3 is 9.47 Å². The summed E-state index contributed by atoms with van der Waals surface area (Å²) in [5.41, 5.74) is 9.71. The lowest BCUT2D eigenvalue weighted by molar-refractivity contribution is 0.103. The molecular formula is C94H103Cl2N3O4S4. The van der Waals surface area contributed by atoms with Crippen molar-refractivity contribution in [1.29, 1.82) is 5.26 Å². The van der Waals surface area contributed by atoms with Gasteiger partial charge in [0.2, 0.25) is 0 Å². The van der Waals surface area contributed by atoms with Gasteiger partial charge in [-0.1, -0.05) is 256 Å². The molecule has 4 heterocycles. The van der Waals surface area contributed by atoms with Crippen molar-refractivity contribution >= 4 is 145 Å². The molecule has 7 nitrogen and oxygen atoms in total. The molecule has 0 fully saturated rings. The maximum Gasteiger partial charge on any atom is 0.270 e. The van der Waals surface area contributed by atoms with Crippen LogP contribution in [0.1, 0.15) is 318 Å². The molecule has 0 amide bonds. The minimum absolute atomic E-state index is 0.0112. The van der Waals surface area contributed by atoms with Crippen LogP contribution in [0.15, 0.2) is 95.3 Å². The third kappa shape index (κ3) is 15.1. The van der Waals surface area contributed by atoms with Gasteiger partial charge in [-0.3, -0.25) is 9.59 Å². The van der Waals surface area contributed by atoms with Crippen LogP contribution >= 0.6 is 68.5 Å². The second kappa shape index (κ2) is 35.3. The molecule has 0 saturated carbocycles. The Morgan fingerprint density at radius 3 is 1.26 bits per heavy atom. The monoisotopic (exact) mass is 1540 g/mol. The number of Topliss-reactive ketones (excluding diaryl/α,β-unsaturated/α-hetero) is 2. The second-order valence-electron chi connectivity index (χ2n) is 30.6. The van der Waals surface area contributed by atoms with Crippen molar-refractivity contribution in [2.75, 3.05) is 13.2 Å². The van der Waals surface area contributed by atoms with E-state index in [9.17, 15) is 14.9 Å². The number of carbonyl (C=O) groups is 2. The maximum absolute atomic E-state index is 14.7. The fraction of sp³-hybridized carbons (Fsp3) is 0.457. The summed E-state index contributed by atoms with van der Waals surface area (Å²) in [6, 6.07) is 28.0. The Bertz CT molecular complexity index is 5100. The third-order valence-electron chi connectivity index (χ3n) is 23.4. The largest absolute Gasteiger partial charge is 0.491 e. The molecule has 13 rings (SSSR count). The summed E-state index contributed by atoms with van der Waals surface area (Å²) in [5, 5.41) is 18.1. The zero-order chi connectivity index (χ0) is 74.9. The number of fused-ring (bicyclic) bond motifs is 14. The van der Waals surface area contributed by atoms with Crippen molar-refractivity contribution in [1.82, 2.24) is 0 Å². The van der Waals surface area contributed by atoms with Gasteiger partial charge in [-0.05, 0) is 156 Å². The van der Waals surface area contributed by atoms with E-state index in [4.69, 9.17) is 45.8 Å². The van der Waals surface area contributed by atoms with Crippen LogP contribution in [0.4, 0.5) is 0 Å². The predicted octanol–water partition coefficient (Wildman–Crippen LogP) is 31.1. The summed E-state index contributed by atoms with van der Waals surface area (Å²) >= 11 is 20.6. The molecular weight excluding hydrogens is 1430 g/mol. The highest BCUT2D eigenvalue weighted by molar-refractivity contribution is 7.28. The number of nitriles is 1. The van der Waals surface area contributed by atoms with Gasteiger partial charge in [-0.2, -0.15) is 0 Å². The molecule has 9 aromatic rings. The standard InChI is InChI=1S/C94H103Cl2N3O4S4/c1-10-16-22-28-30-38-46-102-85-66-49-61-51-73-82-92(90-75(94(82,44-36-26-20-14-5)45-37-27-21-15-6)55-63(105-90)53-71-80(78(58-97)99-9)68-56-76(95)77(96)57-69(68)84(71)101)107-88(73)86(103-47-39-31-29-23-17-11-2)67(61)48-60(66)50-72-81-91(106-87(72)85)89-74(93(81,42-34-24-18-12-3)43-35-25-19-13-4)54-62(104-89)52-70-79(59(7)98-8)64-40-32-33-41-65(64)83(70)100/h32-33,40-41,48-57H,10-31,34-39,42-47H2,1-7H3/b70-52-,71-53-,79-59-,80-78+. The second-order valence-corrected chi connectivity index (χ2v) is 35.7. The number of ether oxygens (including phenoxy) is 2. The molecule has 13 heteroatoms. The van der Waals surface area contributed by atoms with Crippen molar-refractivity contribution in [3.05, 3.63) is 182 Å². The number of carbonyl (C=O) groups excluding carboxylic acids is 2. The Morgan fingerprint density at radius 1 is 0.458 bits per heavy atom. The number of hydrogen-bond donors (Lipinski definition) is 0. The van der Waals surface area contributed by atoms with Crippen LogP contribution in [0, 0.1) is 24.5 Å². The fourth-order valence-electron chi connectivity index (χ4n) is 18.0. The Morgan fingerprint density at radius 2 is 0.841 bits per heavy atom. The predicted molar refractivity (Wildman–Crippen MR) is 459 cm³/mol. The summed E-state index contributed by atoms with van der Waals surface area (Å²) in [6.45, 7) is 33.2. The molecule has 0 atom stereocenters. The van der Waals surface area contributed by atoms with E-state index in [2.05, 4.69) is 99.8 Å². The van der Waals surface area contributed by atoms with Gasteiger partial charge in [-0.15, -0.1) is 45.3 Å². The number of thiophene rings is 4. The highest BCUT2D eigenvalue weighted by atomic mass is 35.5. The number of ketones is 2. The number of hydrogen-bond acceptors (Lipinski definition) is 9. The molecule has 0 spiro atoms. The molecule has 0 saturated heterocycles. The number of halogens is 2. The van der Waals surface area contributed by atoms with Gasteiger partial charge in [-0.25, -0.2) is 15.0 Å². The molecule has 4 aromatic heterocycles. The first-order valence-corrected chi connectivity index (χ1v) is 44.6. The Hall–Kier alpha value is -7.11. The minimum atomic E-state index is -0.339. The minimum Gasteiger partial charge on any atom is -0.491 e. The van der Waals surface area contributed by atoms with Crippen LogP contribution in [0.25, 0.3) is 94.2 Å². The molecule has 556 valence electrons. The molecule has 0 bridgehead atoms. The molecule has 107 heavy (non-hydrogen) atoms. The Labute approximate surface area is 661 Å². The van der Waals surface area contributed by atoms with Gasteiger partial charge >= 0.3 is 0 Å². The zero-order valence-electron chi connectivity index (χ0n) is 64.0. The lowest BCUT2D eigenvalue weighted by atomic mass is 9.70. The molecule has 0 unspecified atom stereocenters. The van der Waals surface area contributed by atoms with Gasteiger partial charge in [0.25, 0.3) is 5.70 Å². The lowest BCUT2D eigenvalue weighted by Gasteiger charge is -2.32. The van der Waals surface area contributed by atoms with E-state index in [0.717, 1.165) is 182 Å². The third-order valence-corrected chi connectivity index (χ3v) is 29.1. The van der Waals surface area contributed by atoms with Crippen LogP contribution in [0.2, 0.25) is 10.0 Å². The highest BCUT2D eigenvalue weighted by Gasteiger charge is 2.49. The number of nitrogens with zero attached hydrogens (tertiary/aromatic N) is 3. The fourth-order valence-corrected chi connectivity index (χ4v) is 23.8. The smallest absolute Gasteiger partial charge is 0.270 e. The van der Waals surface area contributed by atoms with Crippen molar-refractivity contribution in [3.63, 3.8) is 0 Å². The van der Waals surface area contributed by atoms with Crippen LogP contribution in [0.5, 0.6) is 11.5 Å². The van der Waals surface area contributed by atoms with E-state index in [1.807, 2.05) is 71.3 Å². The normalized spacial score (nSPS) is 16.1. The molecule has 0 N–H and O–H groups in total. The van der Waals surface area contributed by atoms with Crippen LogP contribution in [-0.4, -0.2) is 24.8 Å². The first-order valence-electron chi connectivity index (χ1n) is 40.5. The molecule has 4 aliphatic rings. The van der Waals surface area contributed by atoms with Crippen LogP contribution < -0.4 is 9.47 Å². The zero-order valence-corrected chi connectivity index (χ0v) is 68.8. The van der Waals surface area contributed by atoms with Gasteiger partial charge in [0, 0.05) is 79.7 Å². The topological polar surface area (TPSA) is 85.1 Å². The van der Waals surface area contributed by atoms with Gasteiger partial charge in [0.05, 0.1) is 61.6 Å². The summed E-state index contributed by atoms with van der Waals surface area (Å²) < 4.78 is 17.5. The number of rotatable bonds is 38. The first kappa shape index (κ1) is 78.0. The average Bonchev–Trinajstić information content (AvgIpc) is 1.53. The maximum atomic E-state index is 14.7. The van der Waals surface area contributed by atoms with E-state index >= 15 is 0 Å². The van der Waals surface area contributed by atoms with E-state index in [0.29, 0.717) is 52.3 Å². The SMILES string of the molecule is [C-]#[N+]/C(C)=C1\C(=C\c2cc3c(s2)-c2sc4c(OCCCCCCCC)c5cc6cc7c8c(sc7c(OCCCCCCCC)c6cc5cc4c2C3(CCCCCC)CCCCCC)-c2sc(/C=C3\C(=O)c4cc(Cl)c(Cl)cc4\C3=C(\C#N)[N+]#[C-])cc2C8(CCCCCC)CCCCCC)C(=O)c2ccccc21. The van der Waals surface area contributed by atoms with Crippen molar-refractivity contribution in [2.24, 2.45) is 0 Å². The van der Waals surface area contributed by atoms with Crippen LogP contribution in [-0.2, 0) is 10.8 Å². The van der Waals surface area contributed by atoms with E-state index in [1.165, 1.54) is 139 Å². The average molecular weight is 1540 g/mol. The molecule has 0 aliphatic heterocycles. The van der Waals surface area contributed by atoms with Crippen molar-refractivity contribution < 1.29 is 19.1 Å².